The second-order valence-electron chi connectivity index (χ2n) is 6.19. The van der Waals surface area contributed by atoms with Crippen LogP contribution in [-0.4, -0.2) is 50.3 Å². The Kier molecular flexibility index (Phi) is 4.26. The summed E-state index contributed by atoms with van der Waals surface area (Å²) in [6, 6.07) is 7.26. The molecule has 1 atom stereocenters. The molecule has 0 aliphatic carbocycles. The van der Waals surface area contributed by atoms with Gasteiger partial charge in [0, 0.05) is 24.1 Å². The van der Waals surface area contributed by atoms with Gasteiger partial charge in [-0.1, -0.05) is 11.2 Å². The Hall–Kier alpha value is -3.00. The van der Waals surface area contributed by atoms with E-state index in [0.717, 1.165) is 17.2 Å². The van der Waals surface area contributed by atoms with Crippen molar-refractivity contribution in [2.24, 2.45) is 0 Å². The molecule has 0 bridgehead atoms. The number of amides is 1. The molecule has 1 unspecified atom stereocenters. The lowest BCUT2D eigenvalue weighted by Crippen LogP contribution is -2.44. The van der Waals surface area contributed by atoms with Crippen LogP contribution in [-0.2, 0) is 4.74 Å². The van der Waals surface area contributed by atoms with Crippen molar-refractivity contribution in [1.29, 1.82) is 0 Å². The van der Waals surface area contributed by atoms with Crippen LogP contribution in [0.25, 0.3) is 5.82 Å². The van der Waals surface area contributed by atoms with Gasteiger partial charge >= 0.3 is 0 Å². The lowest BCUT2D eigenvalue weighted by molar-refractivity contribution is -0.00580. The van der Waals surface area contributed by atoms with Crippen molar-refractivity contribution in [3.05, 3.63) is 59.6 Å². The van der Waals surface area contributed by atoms with Gasteiger partial charge in [0.15, 0.2) is 5.82 Å². The lowest BCUT2D eigenvalue weighted by atomic mass is 10.1. The van der Waals surface area contributed by atoms with Gasteiger partial charge in [-0.25, -0.2) is 4.98 Å². The van der Waals surface area contributed by atoms with E-state index < -0.39 is 0 Å². The van der Waals surface area contributed by atoms with Crippen LogP contribution in [0.3, 0.4) is 0 Å². The zero-order valence-electron chi connectivity index (χ0n) is 14.6. The van der Waals surface area contributed by atoms with Crippen molar-refractivity contribution in [2.75, 3.05) is 19.8 Å². The quantitative estimate of drug-likeness (QED) is 0.717. The molecule has 0 spiro atoms. The second kappa shape index (κ2) is 6.72. The van der Waals surface area contributed by atoms with Crippen LogP contribution < -0.4 is 0 Å². The highest BCUT2D eigenvalue weighted by Gasteiger charge is 2.33. The topological polar surface area (TPSA) is 86.3 Å². The zero-order chi connectivity index (χ0) is 18.1. The van der Waals surface area contributed by atoms with E-state index in [-0.39, 0.29) is 11.9 Å². The zero-order valence-corrected chi connectivity index (χ0v) is 14.6. The van der Waals surface area contributed by atoms with Crippen LogP contribution >= 0.6 is 0 Å². The Morgan fingerprint density at radius 2 is 2.15 bits per heavy atom. The summed E-state index contributed by atoms with van der Waals surface area (Å²) in [4.78, 5) is 23.5. The smallest absolute Gasteiger partial charge is 0.256 e. The predicted molar refractivity (Wildman–Crippen MR) is 91.9 cm³/mol. The van der Waals surface area contributed by atoms with E-state index in [9.17, 15) is 4.79 Å². The van der Waals surface area contributed by atoms with E-state index >= 15 is 0 Å². The van der Waals surface area contributed by atoms with Crippen LogP contribution in [0.1, 0.15) is 33.6 Å². The molecule has 1 aliphatic heterocycles. The molecule has 4 rings (SSSR count). The minimum Gasteiger partial charge on any atom is -0.377 e. The number of hydrogen-bond acceptors (Lipinski definition) is 6. The number of morpholine rings is 1. The fourth-order valence-electron chi connectivity index (χ4n) is 3.36. The Bertz CT molecular complexity index is 905. The summed E-state index contributed by atoms with van der Waals surface area (Å²) in [5, 5.41) is 3.88. The molecule has 0 aromatic carbocycles. The van der Waals surface area contributed by atoms with Gasteiger partial charge in [0.2, 0.25) is 6.39 Å². The first-order chi connectivity index (χ1) is 12.7. The van der Waals surface area contributed by atoms with E-state index in [0.29, 0.717) is 31.1 Å². The number of pyridine rings is 1. The molecule has 3 aromatic rings. The monoisotopic (exact) mass is 353 g/mol. The SMILES string of the molecule is Cc1cc(C(=O)N2CCOCC2c2ncon2)c(C)n1-c1ccccn1. The molecule has 8 nitrogen and oxygen atoms in total. The van der Waals surface area contributed by atoms with E-state index in [4.69, 9.17) is 9.26 Å². The van der Waals surface area contributed by atoms with Crippen LogP contribution in [0, 0.1) is 13.8 Å². The molecule has 0 saturated carbocycles. The van der Waals surface area contributed by atoms with E-state index in [1.807, 2.05) is 42.7 Å². The minimum absolute atomic E-state index is 0.0709. The normalized spacial score (nSPS) is 17.5. The van der Waals surface area contributed by atoms with Crippen LogP contribution in [0.5, 0.6) is 0 Å². The predicted octanol–water partition coefficient (Wildman–Crippen LogP) is 2.09. The highest BCUT2D eigenvalue weighted by atomic mass is 16.5. The number of rotatable bonds is 3. The molecule has 134 valence electrons. The largest absolute Gasteiger partial charge is 0.377 e. The summed E-state index contributed by atoms with van der Waals surface area (Å²) in [7, 11) is 0. The lowest BCUT2D eigenvalue weighted by Gasteiger charge is -2.33. The first-order valence-corrected chi connectivity index (χ1v) is 8.42. The molecular formula is C18H19N5O3. The number of hydrogen-bond donors (Lipinski definition) is 0. The molecule has 26 heavy (non-hydrogen) atoms. The fraction of sp³-hybridized carbons (Fsp3) is 0.333. The Balaban J connectivity index is 1.70. The Morgan fingerprint density at radius 1 is 1.27 bits per heavy atom. The number of carbonyl (C=O) groups is 1. The van der Waals surface area contributed by atoms with Gasteiger partial charge < -0.3 is 18.7 Å². The summed E-state index contributed by atoms with van der Waals surface area (Å²) in [6.07, 6.45) is 3.00. The highest BCUT2D eigenvalue weighted by molar-refractivity contribution is 5.96. The van der Waals surface area contributed by atoms with E-state index in [1.165, 1.54) is 6.39 Å². The average Bonchev–Trinajstić information content (AvgIpc) is 3.30. The molecular weight excluding hydrogens is 334 g/mol. The van der Waals surface area contributed by atoms with Crippen LogP contribution in [0.2, 0.25) is 0 Å². The molecule has 1 amide bonds. The Morgan fingerprint density at radius 3 is 2.88 bits per heavy atom. The highest BCUT2D eigenvalue weighted by Crippen LogP contribution is 2.27. The second-order valence-corrected chi connectivity index (χ2v) is 6.19. The first-order valence-electron chi connectivity index (χ1n) is 8.42. The van der Waals surface area contributed by atoms with Crippen molar-refractivity contribution in [3.63, 3.8) is 0 Å². The summed E-state index contributed by atoms with van der Waals surface area (Å²) in [6.45, 7) is 5.21. The summed E-state index contributed by atoms with van der Waals surface area (Å²) in [5.41, 5.74) is 2.45. The van der Waals surface area contributed by atoms with Crippen molar-refractivity contribution in [2.45, 2.75) is 19.9 Å². The number of ether oxygens (including phenoxy) is 1. The molecule has 8 heteroatoms. The number of aromatic nitrogens is 4. The van der Waals surface area contributed by atoms with Crippen LogP contribution in [0.4, 0.5) is 0 Å². The third-order valence-electron chi connectivity index (χ3n) is 4.61. The third kappa shape index (κ3) is 2.78. The molecule has 3 aromatic heterocycles. The molecule has 4 heterocycles. The molecule has 1 fully saturated rings. The molecule has 1 saturated heterocycles. The van der Waals surface area contributed by atoms with Crippen molar-refractivity contribution < 1.29 is 14.1 Å². The summed E-state index contributed by atoms with van der Waals surface area (Å²) in [5.74, 6) is 1.17. The van der Waals surface area contributed by atoms with Gasteiger partial charge in [0.25, 0.3) is 5.91 Å². The number of nitrogens with zero attached hydrogens (tertiary/aromatic N) is 5. The van der Waals surface area contributed by atoms with Gasteiger partial charge in [-0.05, 0) is 32.0 Å². The fourth-order valence-corrected chi connectivity index (χ4v) is 3.36. The molecule has 1 aliphatic rings. The van der Waals surface area contributed by atoms with Gasteiger partial charge in [0.1, 0.15) is 11.9 Å². The first kappa shape index (κ1) is 16.5. The maximum atomic E-state index is 13.3. The third-order valence-corrected chi connectivity index (χ3v) is 4.61. The number of carbonyl (C=O) groups excluding carboxylic acids is 1. The summed E-state index contributed by atoms with van der Waals surface area (Å²) < 4.78 is 12.3. The van der Waals surface area contributed by atoms with E-state index in [2.05, 4.69) is 15.1 Å². The van der Waals surface area contributed by atoms with Gasteiger partial charge in [-0.2, -0.15) is 4.98 Å². The molecule has 0 N–H and O–H groups in total. The standard InChI is InChI=1S/C18H19N5O3/c1-12-9-14(13(2)23(12)16-5-3-4-6-19-16)18(24)22-7-8-25-10-15(22)17-20-11-26-21-17/h3-6,9,11,15H,7-8,10H2,1-2H3. The number of aryl methyl sites for hydroxylation is 1. The van der Waals surface area contributed by atoms with Crippen molar-refractivity contribution >= 4 is 5.91 Å². The van der Waals surface area contributed by atoms with Gasteiger partial charge in [0.05, 0.1) is 18.8 Å². The average molecular weight is 353 g/mol. The van der Waals surface area contributed by atoms with Gasteiger partial charge in [-0.15, -0.1) is 0 Å². The van der Waals surface area contributed by atoms with Crippen LogP contribution in [0.15, 0.2) is 41.4 Å². The maximum Gasteiger partial charge on any atom is 0.256 e. The van der Waals surface area contributed by atoms with Crippen molar-refractivity contribution in [1.82, 2.24) is 24.6 Å². The molecule has 0 radical (unpaired) electrons. The minimum atomic E-state index is -0.354. The van der Waals surface area contributed by atoms with Gasteiger partial charge in [-0.3, -0.25) is 4.79 Å². The Labute approximate surface area is 150 Å². The van der Waals surface area contributed by atoms with E-state index in [1.54, 1.807) is 11.1 Å². The van der Waals surface area contributed by atoms with Crippen molar-refractivity contribution in [3.8, 4) is 5.82 Å². The maximum absolute atomic E-state index is 13.3. The summed E-state index contributed by atoms with van der Waals surface area (Å²) >= 11 is 0.